The first-order valence-corrected chi connectivity index (χ1v) is 6.60. The third kappa shape index (κ3) is 2.44. The quantitative estimate of drug-likeness (QED) is 0.818. The number of hydrogen-bond donors (Lipinski definition) is 1. The number of imide groups is 1. The Hall–Kier alpha value is -1.49. The van der Waals surface area contributed by atoms with Crippen LogP contribution in [0.5, 0.6) is 0 Å². The lowest BCUT2D eigenvalue weighted by Crippen LogP contribution is -2.53. The lowest BCUT2D eigenvalue weighted by Gasteiger charge is -2.30. The first-order valence-electron chi connectivity index (χ1n) is 5.38. The van der Waals surface area contributed by atoms with E-state index in [-0.39, 0.29) is 17.9 Å². The Morgan fingerprint density at radius 2 is 1.94 bits per heavy atom. The second kappa shape index (κ2) is 4.79. The maximum atomic E-state index is 11.7. The van der Waals surface area contributed by atoms with E-state index in [1.165, 1.54) is 0 Å². The minimum absolute atomic E-state index is 0.173. The number of nitrogens with zero attached hydrogens (tertiary/aromatic N) is 1. The van der Waals surface area contributed by atoms with Crippen LogP contribution in [0, 0.1) is 5.92 Å². The summed E-state index contributed by atoms with van der Waals surface area (Å²) < 4.78 is 0. The number of nitrogens with one attached hydrogen (secondary N) is 1. The van der Waals surface area contributed by atoms with E-state index in [1.54, 1.807) is 16.7 Å². The number of carbonyl (C=O) groups is 2. The van der Waals surface area contributed by atoms with Crippen LogP contribution in [0.3, 0.4) is 0 Å². The lowest BCUT2D eigenvalue weighted by atomic mass is 10.1. The summed E-state index contributed by atoms with van der Waals surface area (Å²) in [7, 11) is 0. The molecule has 0 saturated carbocycles. The van der Waals surface area contributed by atoms with Gasteiger partial charge in [-0.3, -0.25) is 15.0 Å². The number of thioether (sulfide) groups is 1. The Balaban J connectivity index is 2.20. The van der Waals surface area contributed by atoms with Crippen molar-refractivity contribution in [3.05, 3.63) is 24.3 Å². The van der Waals surface area contributed by atoms with Crippen molar-refractivity contribution in [1.82, 2.24) is 5.32 Å². The molecular weight excluding hydrogens is 236 g/mol. The number of benzene rings is 1. The molecule has 1 atom stereocenters. The van der Waals surface area contributed by atoms with E-state index in [0.29, 0.717) is 6.54 Å². The number of hydrogen-bond acceptors (Lipinski definition) is 3. The van der Waals surface area contributed by atoms with Crippen LogP contribution in [0.25, 0.3) is 0 Å². The van der Waals surface area contributed by atoms with Crippen LogP contribution in [0.15, 0.2) is 29.2 Å². The Bertz CT molecular complexity index is 444. The molecule has 0 radical (unpaired) electrons. The SMILES string of the molecule is CSc1ccc(N2CC(C)C(=O)NC2=O)cc1. The van der Waals surface area contributed by atoms with Crippen LogP contribution in [-0.2, 0) is 4.79 Å². The minimum Gasteiger partial charge on any atom is -0.293 e. The topological polar surface area (TPSA) is 49.4 Å². The molecule has 1 saturated heterocycles. The van der Waals surface area contributed by atoms with E-state index in [9.17, 15) is 9.59 Å². The molecule has 17 heavy (non-hydrogen) atoms. The normalized spacial score (nSPS) is 20.4. The zero-order valence-corrected chi connectivity index (χ0v) is 10.6. The number of urea groups is 1. The third-order valence-corrected chi connectivity index (χ3v) is 3.51. The summed E-state index contributed by atoms with van der Waals surface area (Å²) in [5, 5.41) is 2.35. The van der Waals surface area contributed by atoms with Gasteiger partial charge in [0, 0.05) is 17.1 Å². The van der Waals surface area contributed by atoms with Crippen LogP contribution in [0.2, 0.25) is 0 Å². The molecule has 1 heterocycles. The highest BCUT2D eigenvalue weighted by Crippen LogP contribution is 2.22. The highest BCUT2D eigenvalue weighted by Gasteiger charge is 2.29. The predicted octanol–water partition coefficient (Wildman–Crippen LogP) is 2.10. The first kappa shape index (κ1) is 12.0. The second-order valence-electron chi connectivity index (χ2n) is 4.00. The number of amides is 3. The van der Waals surface area contributed by atoms with E-state index < -0.39 is 0 Å². The molecule has 3 amide bonds. The van der Waals surface area contributed by atoms with E-state index >= 15 is 0 Å². The van der Waals surface area contributed by atoms with Crippen molar-refractivity contribution in [1.29, 1.82) is 0 Å². The molecule has 1 aliphatic rings. The molecule has 5 heteroatoms. The molecule has 1 aromatic carbocycles. The van der Waals surface area contributed by atoms with Crippen molar-refractivity contribution >= 4 is 29.4 Å². The summed E-state index contributed by atoms with van der Waals surface area (Å²) in [6.07, 6.45) is 2.00. The first-order chi connectivity index (χ1) is 8.11. The van der Waals surface area contributed by atoms with Crippen LogP contribution in [0.4, 0.5) is 10.5 Å². The van der Waals surface area contributed by atoms with E-state index in [4.69, 9.17) is 0 Å². The van der Waals surface area contributed by atoms with Crippen LogP contribution in [-0.4, -0.2) is 24.7 Å². The maximum absolute atomic E-state index is 11.7. The van der Waals surface area contributed by atoms with Crippen molar-refractivity contribution in [2.75, 3.05) is 17.7 Å². The summed E-state index contributed by atoms with van der Waals surface area (Å²) in [4.78, 5) is 25.8. The van der Waals surface area contributed by atoms with Gasteiger partial charge in [0.25, 0.3) is 0 Å². The van der Waals surface area contributed by atoms with Gasteiger partial charge in [0.2, 0.25) is 5.91 Å². The molecule has 1 fully saturated rings. The number of rotatable bonds is 2. The van der Waals surface area contributed by atoms with Crippen LogP contribution < -0.4 is 10.2 Å². The van der Waals surface area contributed by atoms with Crippen molar-refractivity contribution in [2.45, 2.75) is 11.8 Å². The van der Waals surface area contributed by atoms with Gasteiger partial charge in [0.05, 0.1) is 5.92 Å². The zero-order chi connectivity index (χ0) is 12.4. The van der Waals surface area contributed by atoms with Crippen molar-refractivity contribution in [2.24, 2.45) is 5.92 Å². The Kier molecular flexibility index (Phi) is 3.38. The van der Waals surface area contributed by atoms with Gasteiger partial charge in [-0.25, -0.2) is 4.79 Å². The average molecular weight is 250 g/mol. The Morgan fingerprint density at radius 3 is 2.53 bits per heavy atom. The summed E-state index contributed by atoms with van der Waals surface area (Å²) >= 11 is 1.65. The molecule has 1 unspecified atom stereocenters. The monoisotopic (exact) mass is 250 g/mol. The maximum Gasteiger partial charge on any atom is 0.328 e. The van der Waals surface area contributed by atoms with Crippen LogP contribution in [0.1, 0.15) is 6.92 Å². The molecule has 2 rings (SSSR count). The summed E-state index contributed by atoms with van der Waals surface area (Å²) in [6, 6.07) is 7.38. The standard InChI is InChI=1S/C12H14N2O2S/c1-8-7-14(12(16)13-11(8)15)9-3-5-10(17-2)6-4-9/h3-6,8H,7H2,1-2H3,(H,13,15,16). The zero-order valence-electron chi connectivity index (χ0n) is 9.77. The average Bonchev–Trinajstić information content (AvgIpc) is 2.34. The molecule has 4 nitrogen and oxygen atoms in total. The fourth-order valence-corrected chi connectivity index (χ4v) is 2.13. The summed E-state index contributed by atoms with van der Waals surface area (Å²) in [5.74, 6) is -0.375. The van der Waals surface area contributed by atoms with Crippen molar-refractivity contribution in [3.8, 4) is 0 Å². The van der Waals surface area contributed by atoms with Gasteiger partial charge in [-0.2, -0.15) is 0 Å². The van der Waals surface area contributed by atoms with Crippen molar-refractivity contribution in [3.63, 3.8) is 0 Å². The molecule has 1 aliphatic heterocycles. The lowest BCUT2D eigenvalue weighted by molar-refractivity contribution is -0.123. The van der Waals surface area contributed by atoms with Gasteiger partial charge in [0.15, 0.2) is 0 Å². The predicted molar refractivity (Wildman–Crippen MR) is 68.3 cm³/mol. The van der Waals surface area contributed by atoms with Gasteiger partial charge < -0.3 is 0 Å². The fourth-order valence-electron chi connectivity index (χ4n) is 1.72. The molecule has 1 N–H and O–H groups in total. The van der Waals surface area contributed by atoms with E-state index in [2.05, 4.69) is 5.32 Å². The second-order valence-corrected chi connectivity index (χ2v) is 4.88. The van der Waals surface area contributed by atoms with Gasteiger partial charge in [-0.15, -0.1) is 11.8 Å². The van der Waals surface area contributed by atoms with E-state index in [1.807, 2.05) is 37.4 Å². The Labute approximate surface area is 104 Å². The minimum atomic E-state index is -0.343. The molecule has 0 spiro atoms. The van der Waals surface area contributed by atoms with Gasteiger partial charge >= 0.3 is 6.03 Å². The largest absolute Gasteiger partial charge is 0.328 e. The molecule has 1 aromatic rings. The summed E-state index contributed by atoms with van der Waals surface area (Å²) in [5.41, 5.74) is 0.819. The highest BCUT2D eigenvalue weighted by atomic mass is 32.2. The molecule has 90 valence electrons. The number of anilines is 1. The molecule has 0 aromatic heterocycles. The van der Waals surface area contributed by atoms with Gasteiger partial charge in [0.1, 0.15) is 0 Å². The van der Waals surface area contributed by atoms with Crippen molar-refractivity contribution < 1.29 is 9.59 Å². The van der Waals surface area contributed by atoms with Gasteiger partial charge in [-0.1, -0.05) is 6.92 Å². The molecular formula is C12H14N2O2S. The van der Waals surface area contributed by atoms with Crippen LogP contribution >= 0.6 is 11.8 Å². The fraction of sp³-hybridized carbons (Fsp3) is 0.333. The smallest absolute Gasteiger partial charge is 0.293 e. The Morgan fingerprint density at radius 1 is 1.29 bits per heavy atom. The summed E-state index contributed by atoms with van der Waals surface area (Å²) in [6.45, 7) is 2.24. The number of carbonyl (C=O) groups excluding carboxylic acids is 2. The highest BCUT2D eigenvalue weighted by molar-refractivity contribution is 7.98. The van der Waals surface area contributed by atoms with Gasteiger partial charge in [-0.05, 0) is 30.5 Å². The third-order valence-electron chi connectivity index (χ3n) is 2.76. The molecule has 0 bridgehead atoms. The van der Waals surface area contributed by atoms with E-state index in [0.717, 1.165) is 10.6 Å². The molecule has 0 aliphatic carbocycles.